The van der Waals surface area contributed by atoms with E-state index in [1.807, 2.05) is 6.07 Å². The summed E-state index contributed by atoms with van der Waals surface area (Å²) in [5.41, 5.74) is -1.89. The first-order valence-corrected chi connectivity index (χ1v) is 17.2. The van der Waals surface area contributed by atoms with E-state index < -0.39 is 23.3 Å². The fraction of sp³-hybridized carbons (Fsp3) is 0.553. The highest BCUT2D eigenvalue weighted by Gasteiger charge is 2.47. The second-order valence-electron chi connectivity index (χ2n) is 12.6. The summed E-state index contributed by atoms with van der Waals surface area (Å²) in [5, 5.41) is 32.0. The molecule has 0 bridgehead atoms. The highest BCUT2D eigenvalue weighted by molar-refractivity contribution is 6.07. The number of phenols is 1. The summed E-state index contributed by atoms with van der Waals surface area (Å²) in [6.45, 7) is 2.52. The van der Waals surface area contributed by atoms with Gasteiger partial charge in [-0.15, -0.1) is 0 Å². The summed E-state index contributed by atoms with van der Waals surface area (Å²) in [4.78, 5) is 39.7. The van der Waals surface area contributed by atoms with Gasteiger partial charge >= 0.3 is 11.9 Å². The van der Waals surface area contributed by atoms with Crippen molar-refractivity contribution in [1.82, 2.24) is 4.90 Å². The monoisotopic (exact) mass is 635 g/mol. The molecular weight excluding hydrogens is 582 g/mol. The number of hydrogen-bond acceptors (Lipinski definition) is 5. The van der Waals surface area contributed by atoms with Gasteiger partial charge < -0.3 is 25.0 Å². The van der Waals surface area contributed by atoms with Gasteiger partial charge in [-0.2, -0.15) is 0 Å². The van der Waals surface area contributed by atoms with E-state index in [1.165, 1.54) is 101 Å². The molecule has 252 valence electrons. The maximum Gasteiger partial charge on any atom is 0.325 e. The third kappa shape index (κ3) is 9.84. The van der Waals surface area contributed by atoms with Crippen LogP contribution in [0, 0.1) is 5.41 Å². The van der Waals surface area contributed by atoms with Gasteiger partial charge in [0.05, 0.1) is 12.7 Å². The normalized spacial score (nSPS) is 13.8. The van der Waals surface area contributed by atoms with Crippen LogP contribution in [-0.2, 0) is 9.59 Å². The van der Waals surface area contributed by atoms with Gasteiger partial charge in [0.2, 0.25) is 0 Å². The number of rotatable bonds is 22. The Balaban J connectivity index is 1.58. The van der Waals surface area contributed by atoms with Gasteiger partial charge in [0.25, 0.3) is 5.91 Å². The van der Waals surface area contributed by atoms with Crippen LogP contribution >= 0.6 is 0 Å². The minimum absolute atomic E-state index is 0.0127. The first kappa shape index (κ1) is 36.7. The van der Waals surface area contributed by atoms with Crippen LogP contribution in [0.2, 0.25) is 0 Å². The molecule has 0 saturated carbocycles. The second kappa shape index (κ2) is 19.0. The van der Waals surface area contributed by atoms with Crippen molar-refractivity contribution in [3.05, 3.63) is 59.8 Å². The highest BCUT2D eigenvalue weighted by atomic mass is 16.5. The van der Waals surface area contributed by atoms with Gasteiger partial charge in [0, 0.05) is 29.4 Å². The lowest BCUT2D eigenvalue weighted by Gasteiger charge is -2.32. The number of amides is 1. The van der Waals surface area contributed by atoms with E-state index in [0.717, 1.165) is 25.3 Å². The largest absolute Gasteiger partial charge is 0.506 e. The molecule has 1 aliphatic rings. The number of benzene rings is 2. The van der Waals surface area contributed by atoms with Crippen LogP contribution in [-0.4, -0.2) is 51.7 Å². The van der Waals surface area contributed by atoms with E-state index in [-0.39, 0.29) is 30.0 Å². The van der Waals surface area contributed by atoms with Crippen LogP contribution in [0.1, 0.15) is 126 Å². The number of carbonyl (C=O) groups is 3. The first-order valence-electron chi connectivity index (χ1n) is 17.2. The summed E-state index contributed by atoms with van der Waals surface area (Å²) in [6.07, 6.45) is 23.2. The molecule has 0 aliphatic heterocycles. The molecule has 8 nitrogen and oxygen atoms in total. The molecule has 2 aromatic rings. The summed E-state index contributed by atoms with van der Waals surface area (Å²) in [6, 6.07) is 8.55. The predicted octanol–water partition coefficient (Wildman–Crippen LogP) is 9.26. The van der Waals surface area contributed by atoms with E-state index in [0.29, 0.717) is 22.9 Å². The number of allylic oxidation sites excluding steroid dienone is 3. The number of methoxy groups -OCH3 is 1. The molecule has 8 heteroatoms. The number of ether oxygens (including phenoxy) is 1. The Morgan fingerprint density at radius 1 is 0.783 bits per heavy atom. The van der Waals surface area contributed by atoms with Crippen molar-refractivity contribution in [1.29, 1.82) is 0 Å². The van der Waals surface area contributed by atoms with Crippen LogP contribution in [0.4, 0.5) is 0 Å². The summed E-state index contributed by atoms with van der Waals surface area (Å²) >= 11 is 0. The minimum atomic E-state index is -2.18. The van der Waals surface area contributed by atoms with Gasteiger partial charge in [0.1, 0.15) is 11.5 Å². The Morgan fingerprint density at radius 3 is 1.78 bits per heavy atom. The van der Waals surface area contributed by atoms with E-state index in [4.69, 9.17) is 4.74 Å². The van der Waals surface area contributed by atoms with Crippen molar-refractivity contribution in [2.24, 2.45) is 5.41 Å². The number of carbonyl (C=O) groups excluding carboxylic acids is 1. The van der Waals surface area contributed by atoms with Crippen LogP contribution in [0.15, 0.2) is 54.3 Å². The summed E-state index contributed by atoms with van der Waals surface area (Å²) in [5.74, 6) is -3.30. The molecule has 46 heavy (non-hydrogen) atoms. The van der Waals surface area contributed by atoms with Crippen molar-refractivity contribution in [2.45, 2.75) is 116 Å². The maximum atomic E-state index is 14.1. The average Bonchev–Trinajstić information content (AvgIpc) is 3.06. The molecular formula is C38H53NO7. The van der Waals surface area contributed by atoms with E-state index >= 15 is 0 Å². The molecule has 0 fully saturated rings. The lowest BCUT2D eigenvalue weighted by Crippen LogP contribution is -2.42. The average molecular weight is 636 g/mol. The number of nitrogens with zero attached hydrogens (tertiary/aromatic N) is 1. The molecule has 0 atom stereocenters. The smallest absolute Gasteiger partial charge is 0.325 e. The Bertz CT molecular complexity index is 1350. The third-order valence-electron chi connectivity index (χ3n) is 9.15. The van der Waals surface area contributed by atoms with E-state index in [1.54, 1.807) is 24.3 Å². The van der Waals surface area contributed by atoms with Crippen LogP contribution in [0.5, 0.6) is 11.5 Å². The number of carboxylic acids is 2. The number of unbranched alkanes of at least 4 members (excludes halogenated alkanes) is 15. The number of carboxylic acid groups (broad SMARTS) is 2. The van der Waals surface area contributed by atoms with Gasteiger partial charge in [-0.1, -0.05) is 140 Å². The van der Waals surface area contributed by atoms with Crippen molar-refractivity contribution >= 4 is 28.6 Å². The molecule has 0 radical (unpaired) electrons. The fourth-order valence-corrected chi connectivity index (χ4v) is 6.30. The number of aromatic hydroxyl groups is 1. The van der Waals surface area contributed by atoms with Crippen LogP contribution in [0.25, 0.3) is 10.8 Å². The molecule has 2 aromatic carbocycles. The van der Waals surface area contributed by atoms with Crippen molar-refractivity contribution in [3.63, 3.8) is 0 Å². The Kier molecular flexibility index (Phi) is 15.1. The van der Waals surface area contributed by atoms with Crippen LogP contribution < -0.4 is 4.74 Å². The first-order chi connectivity index (χ1) is 22.3. The van der Waals surface area contributed by atoms with Gasteiger partial charge in [-0.3, -0.25) is 14.4 Å². The van der Waals surface area contributed by atoms with E-state index in [2.05, 4.69) is 6.92 Å². The van der Waals surface area contributed by atoms with Gasteiger partial charge in [-0.05, 0) is 18.6 Å². The number of hydrogen-bond donors (Lipinski definition) is 3. The molecule has 3 N–H and O–H groups in total. The quantitative estimate of drug-likeness (QED) is 0.0870. The molecule has 3 rings (SSSR count). The number of fused-ring (bicyclic) bond motifs is 1. The highest BCUT2D eigenvalue weighted by Crippen LogP contribution is 2.39. The Hall–Kier alpha value is -3.81. The Labute approximate surface area is 274 Å². The third-order valence-corrected chi connectivity index (χ3v) is 9.15. The second-order valence-corrected chi connectivity index (χ2v) is 12.6. The van der Waals surface area contributed by atoms with Crippen LogP contribution in [0.3, 0.4) is 0 Å². The number of aliphatic carboxylic acids is 2. The predicted molar refractivity (Wildman–Crippen MR) is 182 cm³/mol. The minimum Gasteiger partial charge on any atom is -0.506 e. The molecule has 0 unspecified atom stereocenters. The lowest BCUT2D eigenvalue weighted by molar-refractivity contribution is -0.160. The van der Waals surface area contributed by atoms with Crippen molar-refractivity contribution < 1.29 is 34.4 Å². The van der Waals surface area contributed by atoms with E-state index in [9.17, 15) is 29.7 Å². The molecule has 1 aliphatic carbocycles. The standard InChI is InChI=1S/C38H53NO7/c1-3-4-5-6-7-8-9-10-11-12-13-14-15-16-17-20-26-39(29-22-21-25-38(28-29,36(42)43)37(44)45)35(41)32-27-33(46-2)30-23-18-19-24-31(30)34(32)40/h18-19,21-25,27,40H,3-17,20,26,28H2,1-2H3,(H,42,43)(H,44,45). The fourth-order valence-electron chi connectivity index (χ4n) is 6.30. The zero-order valence-electron chi connectivity index (χ0n) is 27.8. The molecule has 0 heterocycles. The number of phenolic OH excluding ortho intramolecular Hbond substituents is 1. The zero-order chi connectivity index (χ0) is 33.4. The lowest BCUT2D eigenvalue weighted by atomic mass is 9.80. The van der Waals surface area contributed by atoms with Crippen molar-refractivity contribution in [2.75, 3.05) is 13.7 Å². The summed E-state index contributed by atoms with van der Waals surface area (Å²) < 4.78 is 5.53. The molecule has 0 saturated heterocycles. The molecule has 0 aromatic heterocycles. The summed E-state index contributed by atoms with van der Waals surface area (Å²) in [7, 11) is 1.49. The zero-order valence-corrected chi connectivity index (χ0v) is 27.8. The van der Waals surface area contributed by atoms with Gasteiger partial charge in [-0.25, -0.2) is 0 Å². The SMILES string of the molecule is CCCCCCCCCCCCCCCCCCN(C(=O)c1cc(OC)c2ccccc2c1O)C1=CC=CC(C(=O)O)(C(=O)O)C1. The van der Waals surface area contributed by atoms with Gasteiger partial charge in [0.15, 0.2) is 5.41 Å². The molecule has 0 spiro atoms. The molecule has 1 amide bonds. The maximum absolute atomic E-state index is 14.1. The topological polar surface area (TPSA) is 124 Å². The Morgan fingerprint density at radius 2 is 1.28 bits per heavy atom. The van der Waals surface area contributed by atoms with Crippen molar-refractivity contribution in [3.8, 4) is 11.5 Å².